The maximum Gasteiger partial charge on any atom is 0.419 e. The standard InChI is InChI=1S/C16H22F4N2/c1-11(2)10-14(22-8-6-21-7-9-22)12-4-3-5-13(15(12)17)16(18,19)20/h3-5,11,14,21H,6-10H2,1-2H3/t14-/m0/s1. The average molecular weight is 318 g/mol. The normalized spacial score (nSPS) is 18.7. The van der Waals surface area contributed by atoms with Gasteiger partial charge in [-0.2, -0.15) is 13.2 Å². The molecule has 124 valence electrons. The quantitative estimate of drug-likeness (QED) is 0.849. The molecule has 1 aliphatic heterocycles. The molecule has 0 bridgehead atoms. The number of hydrogen-bond acceptors (Lipinski definition) is 2. The molecule has 22 heavy (non-hydrogen) atoms. The van der Waals surface area contributed by atoms with Gasteiger partial charge in [-0.15, -0.1) is 0 Å². The Morgan fingerprint density at radius 1 is 1.18 bits per heavy atom. The fraction of sp³-hybridized carbons (Fsp3) is 0.625. The molecule has 0 aromatic heterocycles. The second-order valence-electron chi connectivity index (χ2n) is 6.14. The van der Waals surface area contributed by atoms with E-state index in [0.29, 0.717) is 19.5 Å². The van der Waals surface area contributed by atoms with Crippen LogP contribution in [0.2, 0.25) is 0 Å². The van der Waals surface area contributed by atoms with Crippen molar-refractivity contribution in [3.63, 3.8) is 0 Å². The third kappa shape index (κ3) is 3.98. The van der Waals surface area contributed by atoms with Gasteiger partial charge in [0.1, 0.15) is 5.82 Å². The van der Waals surface area contributed by atoms with Crippen LogP contribution in [-0.4, -0.2) is 31.1 Å². The lowest BCUT2D eigenvalue weighted by atomic mass is 9.93. The number of nitrogens with zero attached hydrogens (tertiary/aromatic N) is 1. The van der Waals surface area contributed by atoms with Gasteiger partial charge in [0.2, 0.25) is 0 Å². The first kappa shape index (κ1) is 17.2. The molecule has 1 aromatic rings. The van der Waals surface area contributed by atoms with E-state index >= 15 is 0 Å². The van der Waals surface area contributed by atoms with Gasteiger partial charge in [0.15, 0.2) is 0 Å². The van der Waals surface area contributed by atoms with Gasteiger partial charge < -0.3 is 5.32 Å². The minimum atomic E-state index is -4.66. The Morgan fingerprint density at radius 3 is 2.36 bits per heavy atom. The van der Waals surface area contributed by atoms with Crippen LogP contribution in [0.4, 0.5) is 17.6 Å². The highest BCUT2D eigenvalue weighted by molar-refractivity contribution is 5.30. The first-order valence-electron chi connectivity index (χ1n) is 7.61. The van der Waals surface area contributed by atoms with Crippen molar-refractivity contribution >= 4 is 0 Å². The molecule has 1 heterocycles. The summed E-state index contributed by atoms with van der Waals surface area (Å²) in [7, 11) is 0. The maximum absolute atomic E-state index is 14.5. The van der Waals surface area contributed by atoms with E-state index in [1.807, 2.05) is 13.8 Å². The predicted molar refractivity (Wildman–Crippen MR) is 78.0 cm³/mol. The van der Waals surface area contributed by atoms with Gasteiger partial charge in [0.25, 0.3) is 0 Å². The lowest BCUT2D eigenvalue weighted by Gasteiger charge is -2.36. The van der Waals surface area contributed by atoms with Gasteiger partial charge in [-0.25, -0.2) is 4.39 Å². The molecule has 1 fully saturated rings. The van der Waals surface area contributed by atoms with E-state index in [0.717, 1.165) is 19.2 Å². The van der Waals surface area contributed by atoms with Crippen molar-refractivity contribution in [3.8, 4) is 0 Å². The second-order valence-corrected chi connectivity index (χ2v) is 6.14. The Bertz CT molecular complexity index is 493. The largest absolute Gasteiger partial charge is 0.419 e. The first-order valence-corrected chi connectivity index (χ1v) is 7.61. The minimum Gasteiger partial charge on any atom is -0.314 e. The number of alkyl halides is 3. The summed E-state index contributed by atoms with van der Waals surface area (Å²) < 4.78 is 53.3. The van der Waals surface area contributed by atoms with Gasteiger partial charge in [0.05, 0.1) is 5.56 Å². The van der Waals surface area contributed by atoms with Crippen LogP contribution in [0.5, 0.6) is 0 Å². The molecule has 1 saturated heterocycles. The molecule has 1 atom stereocenters. The zero-order valence-electron chi connectivity index (χ0n) is 12.9. The highest BCUT2D eigenvalue weighted by atomic mass is 19.4. The van der Waals surface area contributed by atoms with Crippen LogP contribution in [0.25, 0.3) is 0 Å². The number of piperazine rings is 1. The van der Waals surface area contributed by atoms with E-state index < -0.39 is 17.6 Å². The van der Waals surface area contributed by atoms with Crippen LogP contribution in [0.1, 0.15) is 37.4 Å². The molecule has 0 spiro atoms. The molecule has 1 aromatic carbocycles. The van der Waals surface area contributed by atoms with Gasteiger partial charge in [-0.1, -0.05) is 26.0 Å². The molecule has 2 nitrogen and oxygen atoms in total. The second kappa shape index (κ2) is 6.96. The summed E-state index contributed by atoms with van der Waals surface area (Å²) in [4.78, 5) is 2.08. The lowest BCUT2D eigenvalue weighted by molar-refractivity contribution is -0.140. The van der Waals surface area contributed by atoms with Gasteiger partial charge >= 0.3 is 6.18 Å². The zero-order chi connectivity index (χ0) is 16.3. The molecular weight excluding hydrogens is 296 g/mol. The van der Waals surface area contributed by atoms with Crippen LogP contribution >= 0.6 is 0 Å². The Hall–Kier alpha value is -1.14. The van der Waals surface area contributed by atoms with Crippen molar-refractivity contribution in [1.82, 2.24) is 10.2 Å². The van der Waals surface area contributed by atoms with Crippen LogP contribution in [0.15, 0.2) is 18.2 Å². The molecule has 1 N–H and O–H groups in total. The number of nitrogens with one attached hydrogen (secondary N) is 1. The van der Waals surface area contributed by atoms with Gasteiger partial charge in [-0.05, 0) is 18.4 Å². The maximum atomic E-state index is 14.5. The van der Waals surface area contributed by atoms with Crippen molar-refractivity contribution in [2.45, 2.75) is 32.5 Å². The summed E-state index contributed by atoms with van der Waals surface area (Å²) in [6.07, 6.45) is -4.02. The molecule has 0 radical (unpaired) electrons. The smallest absolute Gasteiger partial charge is 0.314 e. The topological polar surface area (TPSA) is 15.3 Å². The Morgan fingerprint density at radius 2 is 1.82 bits per heavy atom. The Kier molecular flexibility index (Phi) is 5.45. The predicted octanol–water partition coefficient (Wildman–Crippen LogP) is 3.84. The fourth-order valence-electron chi connectivity index (χ4n) is 2.94. The van der Waals surface area contributed by atoms with Crippen molar-refractivity contribution in [3.05, 3.63) is 35.1 Å². The van der Waals surface area contributed by atoms with E-state index in [4.69, 9.17) is 0 Å². The summed E-state index contributed by atoms with van der Waals surface area (Å²) in [6.45, 7) is 6.98. The molecule has 0 saturated carbocycles. The highest BCUT2D eigenvalue weighted by Gasteiger charge is 2.36. The third-order valence-electron chi connectivity index (χ3n) is 3.98. The van der Waals surface area contributed by atoms with E-state index in [1.165, 1.54) is 12.1 Å². The monoisotopic (exact) mass is 318 g/mol. The molecule has 0 amide bonds. The van der Waals surface area contributed by atoms with E-state index in [9.17, 15) is 17.6 Å². The molecule has 0 aliphatic carbocycles. The lowest BCUT2D eigenvalue weighted by Crippen LogP contribution is -2.45. The molecule has 1 aliphatic rings. The summed E-state index contributed by atoms with van der Waals surface area (Å²) in [5.41, 5.74) is -1.01. The van der Waals surface area contributed by atoms with Crippen molar-refractivity contribution in [2.24, 2.45) is 5.92 Å². The van der Waals surface area contributed by atoms with E-state index in [2.05, 4.69) is 10.2 Å². The number of hydrogen-bond donors (Lipinski definition) is 1. The number of rotatable bonds is 4. The van der Waals surface area contributed by atoms with E-state index in [-0.39, 0.29) is 17.5 Å². The van der Waals surface area contributed by atoms with Gasteiger partial charge in [-0.3, -0.25) is 4.90 Å². The van der Waals surface area contributed by atoms with Crippen molar-refractivity contribution < 1.29 is 17.6 Å². The third-order valence-corrected chi connectivity index (χ3v) is 3.98. The van der Waals surface area contributed by atoms with Gasteiger partial charge in [0, 0.05) is 37.8 Å². The summed E-state index contributed by atoms with van der Waals surface area (Å²) in [6, 6.07) is 3.28. The summed E-state index contributed by atoms with van der Waals surface area (Å²) >= 11 is 0. The highest BCUT2D eigenvalue weighted by Crippen LogP contribution is 2.37. The molecular formula is C16H22F4N2. The minimum absolute atomic E-state index is 0.158. The van der Waals surface area contributed by atoms with Crippen molar-refractivity contribution in [1.29, 1.82) is 0 Å². The van der Waals surface area contributed by atoms with Crippen LogP contribution in [0.3, 0.4) is 0 Å². The fourth-order valence-corrected chi connectivity index (χ4v) is 2.94. The van der Waals surface area contributed by atoms with Crippen LogP contribution < -0.4 is 5.32 Å². The number of benzene rings is 1. The molecule has 2 rings (SSSR count). The average Bonchev–Trinajstić information content (AvgIpc) is 2.45. The molecule has 6 heteroatoms. The number of halogens is 4. The first-order chi connectivity index (χ1) is 10.3. The Balaban J connectivity index is 2.38. The van der Waals surface area contributed by atoms with Crippen molar-refractivity contribution in [2.75, 3.05) is 26.2 Å². The Labute approximate surface area is 128 Å². The summed E-state index contributed by atoms with van der Waals surface area (Å²) in [5, 5.41) is 3.21. The van der Waals surface area contributed by atoms with E-state index in [1.54, 1.807) is 0 Å². The SMILES string of the molecule is CC(C)C[C@@H](c1cccc(C(F)(F)F)c1F)N1CCNCC1. The van der Waals surface area contributed by atoms with Crippen LogP contribution in [0, 0.1) is 11.7 Å². The summed E-state index contributed by atoms with van der Waals surface area (Å²) in [5.74, 6) is -0.854. The van der Waals surface area contributed by atoms with Crippen LogP contribution in [-0.2, 0) is 6.18 Å². The zero-order valence-corrected chi connectivity index (χ0v) is 12.9. The molecule has 0 unspecified atom stereocenters.